The van der Waals surface area contributed by atoms with Crippen molar-refractivity contribution in [1.29, 1.82) is 0 Å². The van der Waals surface area contributed by atoms with E-state index < -0.39 is 11.8 Å². The van der Waals surface area contributed by atoms with Crippen molar-refractivity contribution >= 4 is 68.4 Å². The Kier molecular flexibility index (Phi) is 7.35. The van der Waals surface area contributed by atoms with Crippen molar-refractivity contribution in [1.82, 2.24) is 5.32 Å². The van der Waals surface area contributed by atoms with Gasteiger partial charge in [-0.2, -0.15) is 0 Å². The van der Waals surface area contributed by atoms with Gasteiger partial charge in [0.15, 0.2) is 16.6 Å². The topological polar surface area (TPSA) is 67.9 Å². The molecule has 0 aromatic heterocycles. The van der Waals surface area contributed by atoms with Crippen LogP contribution in [0, 0.1) is 0 Å². The maximum Gasteiger partial charge on any atom is 0.270 e. The van der Waals surface area contributed by atoms with E-state index in [0.29, 0.717) is 27.8 Å². The maximum atomic E-state index is 13.2. The number of benzene rings is 2. The zero-order valence-electron chi connectivity index (χ0n) is 17.1. The van der Waals surface area contributed by atoms with Crippen LogP contribution < -0.4 is 19.7 Å². The number of halogens is 2. The number of hydrogen-bond acceptors (Lipinski definition) is 5. The van der Waals surface area contributed by atoms with Gasteiger partial charge >= 0.3 is 0 Å². The van der Waals surface area contributed by atoms with Crippen LogP contribution in [0.1, 0.15) is 25.8 Å². The lowest BCUT2D eigenvalue weighted by Gasteiger charge is -2.29. The number of nitrogens with zero attached hydrogens (tertiary/aromatic N) is 1. The molecule has 1 heterocycles. The standard InChI is InChI=1S/C22H20BrClN2O4S/c1-4-12(2)30-19-17(24)9-13(10-18(19)29-3)8-16-20(27)25-22(31)26(21(16)28)15-7-5-6-14(23)11-15/h5-12H,4H2,1-3H3,(H,25,27,31)/b16-8+/t12-/m0/s1. The Labute approximate surface area is 199 Å². The number of carbonyl (C=O) groups excluding carboxylic acids is 2. The fourth-order valence-electron chi connectivity index (χ4n) is 2.90. The van der Waals surface area contributed by atoms with Gasteiger partial charge in [-0.15, -0.1) is 0 Å². The number of rotatable bonds is 6. The van der Waals surface area contributed by atoms with E-state index >= 15 is 0 Å². The number of anilines is 1. The average Bonchev–Trinajstić information content (AvgIpc) is 2.72. The maximum absolute atomic E-state index is 13.2. The third-order valence-corrected chi connectivity index (χ3v) is 5.68. The van der Waals surface area contributed by atoms with Crippen molar-refractivity contribution < 1.29 is 19.1 Å². The Balaban J connectivity index is 2.01. The number of thiocarbonyl (C=S) groups is 1. The second-order valence-electron chi connectivity index (χ2n) is 6.81. The molecule has 0 radical (unpaired) electrons. The largest absolute Gasteiger partial charge is 0.493 e. The second kappa shape index (κ2) is 9.80. The number of carbonyl (C=O) groups is 2. The Morgan fingerprint density at radius 2 is 2.03 bits per heavy atom. The molecule has 2 aromatic rings. The molecule has 1 aliphatic heterocycles. The first-order chi connectivity index (χ1) is 14.7. The summed E-state index contributed by atoms with van der Waals surface area (Å²) in [6.07, 6.45) is 2.19. The van der Waals surface area contributed by atoms with Crippen LogP contribution in [0.4, 0.5) is 5.69 Å². The second-order valence-corrected chi connectivity index (χ2v) is 8.52. The van der Waals surface area contributed by atoms with Gasteiger partial charge in [0.05, 0.1) is 23.9 Å². The summed E-state index contributed by atoms with van der Waals surface area (Å²) in [6.45, 7) is 3.93. The molecule has 9 heteroatoms. The Hall–Kier alpha value is -2.42. The molecule has 1 fully saturated rings. The van der Waals surface area contributed by atoms with Gasteiger partial charge in [-0.3, -0.25) is 19.8 Å². The van der Waals surface area contributed by atoms with Gasteiger partial charge in [0.1, 0.15) is 5.57 Å². The van der Waals surface area contributed by atoms with Gasteiger partial charge in [-0.25, -0.2) is 0 Å². The van der Waals surface area contributed by atoms with E-state index in [4.69, 9.17) is 33.3 Å². The molecule has 0 unspecified atom stereocenters. The van der Waals surface area contributed by atoms with Crippen LogP contribution >= 0.6 is 39.7 Å². The van der Waals surface area contributed by atoms with E-state index in [1.54, 1.807) is 30.3 Å². The normalized spacial score (nSPS) is 16.4. The monoisotopic (exact) mass is 522 g/mol. The molecule has 3 rings (SSSR count). The summed E-state index contributed by atoms with van der Waals surface area (Å²) in [6, 6.07) is 10.3. The summed E-state index contributed by atoms with van der Waals surface area (Å²) < 4.78 is 12.0. The first-order valence-corrected chi connectivity index (χ1v) is 11.0. The molecule has 1 atom stereocenters. The molecule has 0 aliphatic carbocycles. The molecule has 6 nitrogen and oxygen atoms in total. The van der Waals surface area contributed by atoms with Crippen molar-refractivity contribution in [2.75, 3.05) is 12.0 Å². The lowest BCUT2D eigenvalue weighted by atomic mass is 10.1. The van der Waals surface area contributed by atoms with Gasteiger partial charge in [0.2, 0.25) is 0 Å². The zero-order valence-corrected chi connectivity index (χ0v) is 20.2. The summed E-state index contributed by atoms with van der Waals surface area (Å²) in [7, 11) is 1.50. The number of amides is 2. The number of hydrogen-bond donors (Lipinski definition) is 1. The number of ether oxygens (including phenoxy) is 2. The average molecular weight is 524 g/mol. The molecular formula is C22H20BrClN2O4S. The lowest BCUT2D eigenvalue weighted by molar-refractivity contribution is -0.122. The van der Waals surface area contributed by atoms with Gasteiger partial charge in [0.25, 0.3) is 11.8 Å². The third-order valence-electron chi connectivity index (χ3n) is 4.62. The molecule has 1 saturated heterocycles. The highest BCUT2D eigenvalue weighted by molar-refractivity contribution is 9.10. The third kappa shape index (κ3) is 5.08. The van der Waals surface area contributed by atoms with Crippen LogP contribution in [0.25, 0.3) is 6.08 Å². The van der Waals surface area contributed by atoms with Crippen molar-refractivity contribution in [2.24, 2.45) is 0 Å². The summed E-state index contributed by atoms with van der Waals surface area (Å²) in [5.74, 6) is -0.308. The summed E-state index contributed by atoms with van der Waals surface area (Å²) >= 11 is 15.0. The minimum Gasteiger partial charge on any atom is -0.493 e. The lowest BCUT2D eigenvalue weighted by Crippen LogP contribution is -2.54. The van der Waals surface area contributed by atoms with Crippen molar-refractivity contribution in [3.05, 3.63) is 57.0 Å². The molecule has 0 saturated carbocycles. The Morgan fingerprint density at radius 3 is 2.68 bits per heavy atom. The van der Waals surface area contributed by atoms with Gasteiger partial charge in [0, 0.05) is 4.47 Å². The molecule has 0 spiro atoms. The highest BCUT2D eigenvalue weighted by Crippen LogP contribution is 2.38. The van der Waals surface area contributed by atoms with Crippen LogP contribution in [0.3, 0.4) is 0 Å². The summed E-state index contributed by atoms with van der Waals surface area (Å²) in [4.78, 5) is 27.0. The highest BCUT2D eigenvalue weighted by atomic mass is 79.9. The number of nitrogens with one attached hydrogen (secondary N) is 1. The molecule has 0 bridgehead atoms. The summed E-state index contributed by atoms with van der Waals surface area (Å²) in [5, 5.41) is 2.89. The van der Waals surface area contributed by atoms with Crippen LogP contribution in [0.2, 0.25) is 5.02 Å². The van der Waals surface area contributed by atoms with Gasteiger partial charge in [-0.1, -0.05) is 40.5 Å². The van der Waals surface area contributed by atoms with E-state index in [9.17, 15) is 9.59 Å². The Bertz CT molecular complexity index is 1090. The Morgan fingerprint density at radius 1 is 1.29 bits per heavy atom. The van der Waals surface area contributed by atoms with E-state index in [-0.39, 0.29) is 16.8 Å². The van der Waals surface area contributed by atoms with E-state index in [1.807, 2.05) is 19.9 Å². The predicted octanol–water partition coefficient (Wildman–Crippen LogP) is 5.12. The van der Waals surface area contributed by atoms with Gasteiger partial charge < -0.3 is 9.47 Å². The van der Waals surface area contributed by atoms with Crippen molar-refractivity contribution in [3.63, 3.8) is 0 Å². The van der Waals surface area contributed by atoms with Crippen molar-refractivity contribution in [3.8, 4) is 11.5 Å². The minimum absolute atomic E-state index is 0.0122. The van der Waals surface area contributed by atoms with Crippen molar-refractivity contribution in [2.45, 2.75) is 26.4 Å². The number of methoxy groups -OCH3 is 1. The van der Waals surface area contributed by atoms with Gasteiger partial charge in [-0.05, 0) is 67.5 Å². The fraction of sp³-hybridized carbons (Fsp3) is 0.227. The molecule has 162 valence electrons. The quantitative estimate of drug-likeness (QED) is 0.323. The molecular weight excluding hydrogens is 504 g/mol. The first-order valence-electron chi connectivity index (χ1n) is 9.46. The molecule has 2 aromatic carbocycles. The first kappa shape index (κ1) is 23.2. The molecule has 2 amide bonds. The smallest absolute Gasteiger partial charge is 0.270 e. The SMILES string of the molecule is CC[C@H](C)Oc1c(Cl)cc(/C=C2\C(=O)NC(=S)N(c3cccc(Br)c3)C2=O)cc1OC. The summed E-state index contributed by atoms with van der Waals surface area (Å²) in [5.41, 5.74) is 0.962. The zero-order chi connectivity index (χ0) is 22.7. The van der Waals surface area contributed by atoms with Crippen LogP contribution in [0.5, 0.6) is 11.5 Å². The van der Waals surface area contributed by atoms with Crippen LogP contribution in [-0.4, -0.2) is 30.1 Å². The van der Waals surface area contributed by atoms with Crippen LogP contribution in [-0.2, 0) is 9.59 Å². The van der Waals surface area contributed by atoms with Crippen LogP contribution in [0.15, 0.2) is 46.4 Å². The molecule has 31 heavy (non-hydrogen) atoms. The fourth-order valence-corrected chi connectivity index (χ4v) is 3.83. The molecule has 1 N–H and O–H groups in total. The molecule has 1 aliphatic rings. The predicted molar refractivity (Wildman–Crippen MR) is 129 cm³/mol. The van der Waals surface area contributed by atoms with E-state index in [0.717, 1.165) is 10.9 Å². The van der Waals surface area contributed by atoms with E-state index in [2.05, 4.69) is 21.2 Å². The minimum atomic E-state index is -0.587. The highest BCUT2D eigenvalue weighted by Gasteiger charge is 2.34. The van der Waals surface area contributed by atoms with E-state index in [1.165, 1.54) is 18.1 Å².